The van der Waals surface area contributed by atoms with Crippen LogP contribution in [-0.2, 0) is 4.74 Å². The number of anilines is 1. The number of aliphatic imine (C=N–C) groups is 1. The predicted molar refractivity (Wildman–Crippen MR) is 108 cm³/mol. The quantitative estimate of drug-likeness (QED) is 0.849. The van der Waals surface area contributed by atoms with Gasteiger partial charge in [0.05, 0.1) is 18.4 Å². The zero-order chi connectivity index (χ0) is 19.3. The Morgan fingerprint density at radius 1 is 1.21 bits per heavy atom. The van der Waals surface area contributed by atoms with E-state index in [1.54, 1.807) is 19.4 Å². The van der Waals surface area contributed by atoms with Crippen molar-refractivity contribution in [1.29, 1.82) is 5.26 Å². The molecular weight excluding hydrogens is 354 g/mol. The summed E-state index contributed by atoms with van der Waals surface area (Å²) >= 11 is 0. The summed E-state index contributed by atoms with van der Waals surface area (Å²) in [7, 11) is 1.75. The van der Waals surface area contributed by atoms with Gasteiger partial charge in [0.2, 0.25) is 0 Å². The number of dihydropyridines is 1. The molecule has 8 nitrogen and oxygen atoms in total. The van der Waals surface area contributed by atoms with Crippen LogP contribution in [-0.4, -0.2) is 78.0 Å². The van der Waals surface area contributed by atoms with Gasteiger partial charge in [-0.15, -0.1) is 0 Å². The van der Waals surface area contributed by atoms with E-state index in [9.17, 15) is 0 Å². The van der Waals surface area contributed by atoms with Crippen molar-refractivity contribution < 1.29 is 4.74 Å². The van der Waals surface area contributed by atoms with Gasteiger partial charge in [-0.05, 0) is 18.2 Å². The Kier molecular flexibility index (Phi) is 5.55. The summed E-state index contributed by atoms with van der Waals surface area (Å²) < 4.78 is 7.03. The van der Waals surface area contributed by atoms with Crippen LogP contribution >= 0.6 is 0 Å². The average Bonchev–Trinajstić information content (AvgIpc) is 3.14. The van der Waals surface area contributed by atoms with Gasteiger partial charge in [0.25, 0.3) is 0 Å². The summed E-state index contributed by atoms with van der Waals surface area (Å²) in [5, 5.41) is 12.4. The number of aromatic nitrogens is 2. The molecule has 0 spiro atoms. The lowest BCUT2D eigenvalue weighted by molar-refractivity contribution is 0.109. The lowest BCUT2D eigenvalue weighted by atomic mass is 10.2. The number of amidine groups is 1. The molecule has 1 fully saturated rings. The largest absolute Gasteiger partial charge is 0.383 e. The fraction of sp³-hybridized carbons (Fsp3) is 0.450. The molecule has 0 saturated carbocycles. The lowest BCUT2D eigenvalue weighted by Gasteiger charge is -2.37. The highest BCUT2D eigenvalue weighted by atomic mass is 16.5. The number of pyridine rings is 1. The molecule has 2 aromatic heterocycles. The molecule has 0 unspecified atom stereocenters. The van der Waals surface area contributed by atoms with E-state index in [0.29, 0.717) is 5.56 Å². The maximum Gasteiger partial charge on any atom is 0.150 e. The molecule has 2 aromatic rings. The third-order valence-electron chi connectivity index (χ3n) is 5.18. The van der Waals surface area contributed by atoms with E-state index in [0.717, 1.165) is 69.6 Å². The van der Waals surface area contributed by atoms with E-state index in [4.69, 9.17) is 10.00 Å². The highest BCUT2D eigenvalue weighted by Gasteiger charge is 2.20. The van der Waals surface area contributed by atoms with Crippen LogP contribution in [0.4, 0.5) is 5.82 Å². The summed E-state index contributed by atoms with van der Waals surface area (Å²) in [5.41, 5.74) is 2.74. The van der Waals surface area contributed by atoms with E-state index in [2.05, 4.69) is 37.2 Å². The molecule has 0 aromatic carbocycles. The normalized spacial score (nSPS) is 17.9. The van der Waals surface area contributed by atoms with E-state index in [1.807, 2.05) is 16.7 Å². The van der Waals surface area contributed by atoms with E-state index in [-0.39, 0.29) is 0 Å². The molecule has 0 bridgehead atoms. The topological polar surface area (TPSA) is 81.2 Å². The molecule has 2 aliphatic heterocycles. The Labute approximate surface area is 164 Å². The standard InChI is InChI=1S/C20H25N7O/c1-28-11-10-25-6-8-26(9-7-25)17-4-5-22-18(12-17)23-19-15-27-14-16(13-21)2-3-20(27)24-19/h2-3,12,14-15H,4-11H2,1H3,(H,22,23). The summed E-state index contributed by atoms with van der Waals surface area (Å²) in [6.45, 7) is 6.77. The lowest BCUT2D eigenvalue weighted by Crippen LogP contribution is -2.47. The van der Waals surface area contributed by atoms with Crippen LogP contribution < -0.4 is 5.32 Å². The maximum absolute atomic E-state index is 9.04. The fourth-order valence-corrected chi connectivity index (χ4v) is 3.62. The Morgan fingerprint density at radius 3 is 2.86 bits per heavy atom. The third kappa shape index (κ3) is 4.16. The summed E-state index contributed by atoms with van der Waals surface area (Å²) in [6.07, 6.45) is 6.77. The number of ether oxygens (including phenoxy) is 1. The van der Waals surface area contributed by atoms with Gasteiger partial charge in [-0.3, -0.25) is 9.89 Å². The smallest absolute Gasteiger partial charge is 0.150 e. The summed E-state index contributed by atoms with van der Waals surface area (Å²) in [5.74, 6) is 1.57. The second-order valence-corrected chi connectivity index (χ2v) is 7.02. The van der Waals surface area contributed by atoms with Gasteiger partial charge >= 0.3 is 0 Å². The highest BCUT2D eigenvalue weighted by molar-refractivity contribution is 6.04. The third-order valence-corrected chi connectivity index (χ3v) is 5.18. The summed E-state index contributed by atoms with van der Waals surface area (Å²) in [6, 6.07) is 5.76. The molecule has 8 heteroatoms. The van der Waals surface area contributed by atoms with E-state index in [1.165, 1.54) is 5.70 Å². The van der Waals surface area contributed by atoms with E-state index >= 15 is 0 Å². The molecule has 28 heavy (non-hydrogen) atoms. The monoisotopic (exact) mass is 379 g/mol. The minimum atomic E-state index is 0.610. The number of methoxy groups -OCH3 is 1. The van der Waals surface area contributed by atoms with Crippen molar-refractivity contribution in [2.24, 2.45) is 4.99 Å². The van der Waals surface area contributed by atoms with Crippen molar-refractivity contribution in [2.45, 2.75) is 6.42 Å². The minimum Gasteiger partial charge on any atom is -0.383 e. The first-order valence-corrected chi connectivity index (χ1v) is 9.62. The zero-order valence-corrected chi connectivity index (χ0v) is 16.1. The van der Waals surface area contributed by atoms with Gasteiger partial charge < -0.3 is 19.4 Å². The molecule has 1 N–H and O–H groups in total. The second-order valence-electron chi connectivity index (χ2n) is 7.02. The molecule has 1 saturated heterocycles. The van der Waals surface area contributed by atoms with Crippen LogP contribution in [0, 0.1) is 11.3 Å². The molecule has 146 valence electrons. The number of nitrogens with one attached hydrogen (secondary N) is 1. The van der Waals surface area contributed by atoms with Crippen molar-refractivity contribution in [3.63, 3.8) is 0 Å². The van der Waals surface area contributed by atoms with Gasteiger partial charge in [0.15, 0.2) is 5.82 Å². The molecular formula is C20H25N7O. The number of nitriles is 1. The fourth-order valence-electron chi connectivity index (χ4n) is 3.62. The Hall–Kier alpha value is -2.89. The second kappa shape index (κ2) is 8.42. The number of hydrogen-bond donors (Lipinski definition) is 1. The number of rotatable bonds is 5. The number of imidazole rings is 1. The minimum absolute atomic E-state index is 0.610. The van der Waals surface area contributed by atoms with Crippen LogP contribution in [0.25, 0.3) is 5.65 Å². The Balaban J connectivity index is 1.40. The van der Waals surface area contributed by atoms with Crippen LogP contribution in [0.2, 0.25) is 0 Å². The molecule has 0 atom stereocenters. The van der Waals surface area contributed by atoms with Crippen LogP contribution in [0.5, 0.6) is 0 Å². The van der Waals surface area contributed by atoms with Gasteiger partial charge in [-0.25, -0.2) is 4.98 Å². The first kappa shape index (κ1) is 18.5. The number of piperazine rings is 1. The van der Waals surface area contributed by atoms with Crippen LogP contribution in [0.3, 0.4) is 0 Å². The molecule has 0 amide bonds. The molecule has 2 aliphatic rings. The van der Waals surface area contributed by atoms with Gasteiger partial charge in [-0.2, -0.15) is 5.26 Å². The number of hydrogen-bond acceptors (Lipinski definition) is 7. The molecule has 0 radical (unpaired) electrons. The number of nitrogens with zero attached hydrogens (tertiary/aromatic N) is 6. The van der Waals surface area contributed by atoms with Crippen molar-refractivity contribution >= 4 is 17.3 Å². The Bertz CT molecular complexity index is 932. The van der Waals surface area contributed by atoms with Crippen molar-refractivity contribution in [2.75, 3.05) is 58.3 Å². The summed E-state index contributed by atoms with van der Waals surface area (Å²) in [4.78, 5) is 14.1. The van der Waals surface area contributed by atoms with Crippen molar-refractivity contribution in [1.82, 2.24) is 19.2 Å². The van der Waals surface area contributed by atoms with Gasteiger partial charge in [0, 0.05) is 64.7 Å². The van der Waals surface area contributed by atoms with Gasteiger partial charge in [-0.1, -0.05) is 0 Å². The first-order valence-electron chi connectivity index (χ1n) is 9.62. The van der Waals surface area contributed by atoms with E-state index < -0.39 is 0 Å². The molecule has 4 heterocycles. The zero-order valence-electron chi connectivity index (χ0n) is 16.1. The van der Waals surface area contributed by atoms with Crippen LogP contribution in [0.1, 0.15) is 12.0 Å². The maximum atomic E-state index is 9.04. The Morgan fingerprint density at radius 2 is 2.07 bits per heavy atom. The SMILES string of the molecule is COCCN1CCN(C2=CC(Nc3cn4cc(C#N)ccc4n3)=NCC2)CC1. The first-order chi connectivity index (χ1) is 13.7. The number of fused-ring (bicyclic) bond motifs is 1. The molecule has 0 aliphatic carbocycles. The van der Waals surface area contributed by atoms with Crippen molar-refractivity contribution in [3.8, 4) is 6.07 Å². The molecule has 4 rings (SSSR count). The van der Waals surface area contributed by atoms with Gasteiger partial charge in [0.1, 0.15) is 17.6 Å². The highest BCUT2D eigenvalue weighted by Crippen LogP contribution is 2.18. The predicted octanol–water partition coefficient (Wildman–Crippen LogP) is 1.57. The average molecular weight is 379 g/mol. The van der Waals surface area contributed by atoms with Crippen LogP contribution in [0.15, 0.2) is 41.3 Å². The van der Waals surface area contributed by atoms with Crippen molar-refractivity contribution in [3.05, 3.63) is 41.9 Å².